The van der Waals surface area contributed by atoms with E-state index >= 15 is 0 Å². The van der Waals surface area contributed by atoms with Crippen LogP contribution in [0.4, 0.5) is 0 Å². The molecule has 0 aliphatic rings. The Kier molecular flexibility index (Phi) is 6.27. The lowest BCUT2D eigenvalue weighted by molar-refractivity contribution is 0.200. The number of rotatable bonds is 7. The predicted octanol–water partition coefficient (Wildman–Crippen LogP) is 2.08. The second-order valence-corrected chi connectivity index (χ2v) is 4.87. The van der Waals surface area contributed by atoms with Crippen LogP contribution in [0.3, 0.4) is 0 Å². The van der Waals surface area contributed by atoms with E-state index in [1.165, 1.54) is 4.21 Å². The highest BCUT2D eigenvalue weighted by Crippen LogP contribution is 2.22. The van der Waals surface area contributed by atoms with Crippen LogP contribution in [0.25, 0.3) is 0 Å². The minimum Gasteiger partial charge on any atom is -0.383 e. The first-order valence-electron chi connectivity index (χ1n) is 4.29. The van der Waals surface area contributed by atoms with Crippen molar-refractivity contribution in [1.29, 1.82) is 0 Å². The van der Waals surface area contributed by atoms with E-state index in [9.17, 15) is 0 Å². The van der Waals surface area contributed by atoms with Crippen LogP contribution >= 0.6 is 23.1 Å². The van der Waals surface area contributed by atoms with Crippen molar-refractivity contribution in [3.05, 3.63) is 17.5 Å². The molecule has 0 aromatic carbocycles. The van der Waals surface area contributed by atoms with Crippen LogP contribution in [-0.2, 0) is 4.74 Å². The number of methoxy groups -OCH3 is 1. The van der Waals surface area contributed by atoms with Crippen molar-refractivity contribution in [2.45, 2.75) is 4.21 Å². The van der Waals surface area contributed by atoms with Gasteiger partial charge < -0.3 is 10.1 Å². The smallest absolute Gasteiger partial charge is 0.0598 e. The highest BCUT2D eigenvalue weighted by molar-refractivity contribution is 8.01. The Morgan fingerprint density at radius 3 is 3.15 bits per heavy atom. The van der Waals surface area contributed by atoms with Crippen molar-refractivity contribution >= 4 is 23.1 Å². The highest BCUT2D eigenvalue weighted by Gasteiger charge is 1.93. The van der Waals surface area contributed by atoms with Gasteiger partial charge in [-0.3, -0.25) is 0 Å². The Morgan fingerprint density at radius 2 is 2.46 bits per heavy atom. The van der Waals surface area contributed by atoms with Gasteiger partial charge >= 0.3 is 0 Å². The molecule has 1 N–H and O–H groups in total. The second-order valence-electron chi connectivity index (χ2n) is 2.52. The third kappa shape index (κ3) is 5.31. The number of nitrogens with one attached hydrogen (secondary N) is 1. The minimum absolute atomic E-state index is 0.795. The lowest BCUT2D eigenvalue weighted by Gasteiger charge is -2.02. The quantitative estimate of drug-likeness (QED) is 0.558. The van der Waals surface area contributed by atoms with Gasteiger partial charge in [-0.1, -0.05) is 6.07 Å². The molecule has 0 aliphatic carbocycles. The standard InChI is InChI=1S/C9H15NOS2/c1-11-6-4-10-5-8-13-9-3-2-7-12-9/h2-3,7,10H,4-6,8H2,1H3. The van der Waals surface area contributed by atoms with E-state index in [1.54, 1.807) is 18.4 Å². The zero-order valence-electron chi connectivity index (χ0n) is 7.79. The van der Waals surface area contributed by atoms with Crippen LogP contribution in [0.2, 0.25) is 0 Å². The molecule has 13 heavy (non-hydrogen) atoms. The summed E-state index contributed by atoms with van der Waals surface area (Å²) in [4.78, 5) is 0. The summed E-state index contributed by atoms with van der Waals surface area (Å²) in [6, 6.07) is 4.25. The maximum Gasteiger partial charge on any atom is 0.0598 e. The summed E-state index contributed by atoms with van der Waals surface area (Å²) in [6.45, 7) is 2.79. The number of ether oxygens (including phenoxy) is 1. The Hall–Kier alpha value is -0.0300. The molecule has 0 aliphatic heterocycles. The lowest BCUT2D eigenvalue weighted by Crippen LogP contribution is -2.21. The van der Waals surface area contributed by atoms with Gasteiger partial charge in [0.25, 0.3) is 0 Å². The molecule has 0 amide bonds. The maximum atomic E-state index is 4.93. The fourth-order valence-corrected chi connectivity index (χ4v) is 2.63. The van der Waals surface area contributed by atoms with E-state index in [0.717, 1.165) is 25.4 Å². The van der Waals surface area contributed by atoms with E-state index < -0.39 is 0 Å². The van der Waals surface area contributed by atoms with E-state index in [0.29, 0.717) is 0 Å². The van der Waals surface area contributed by atoms with Crippen LogP contribution in [-0.4, -0.2) is 32.6 Å². The molecule has 1 aromatic rings. The molecule has 74 valence electrons. The topological polar surface area (TPSA) is 21.3 Å². The van der Waals surface area contributed by atoms with Gasteiger partial charge in [0.15, 0.2) is 0 Å². The second kappa shape index (κ2) is 7.38. The Balaban J connectivity index is 1.90. The molecule has 0 fully saturated rings. The fraction of sp³-hybridized carbons (Fsp3) is 0.556. The Labute approximate surface area is 87.7 Å². The van der Waals surface area contributed by atoms with Crippen LogP contribution in [0.1, 0.15) is 0 Å². The van der Waals surface area contributed by atoms with Crippen molar-refractivity contribution in [3.63, 3.8) is 0 Å². The molecular weight excluding hydrogens is 202 g/mol. The monoisotopic (exact) mass is 217 g/mol. The molecule has 0 saturated carbocycles. The predicted molar refractivity (Wildman–Crippen MR) is 59.8 cm³/mol. The Bertz CT molecular complexity index is 201. The number of hydrogen-bond acceptors (Lipinski definition) is 4. The van der Waals surface area contributed by atoms with Crippen LogP contribution in [0.15, 0.2) is 21.7 Å². The summed E-state index contributed by atoms with van der Waals surface area (Å²) in [5, 5.41) is 5.42. The molecule has 0 saturated heterocycles. The molecule has 1 aromatic heterocycles. The Morgan fingerprint density at radius 1 is 1.54 bits per heavy atom. The normalized spacial score (nSPS) is 10.5. The number of hydrogen-bond donors (Lipinski definition) is 1. The molecule has 1 heterocycles. The van der Waals surface area contributed by atoms with Gasteiger partial charge in [0.05, 0.1) is 10.8 Å². The van der Waals surface area contributed by atoms with Gasteiger partial charge in [-0.25, -0.2) is 0 Å². The average Bonchev–Trinajstić information content (AvgIpc) is 2.63. The molecule has 1 rings (SSSR count). The summed E-state index contributed by atoms with van der Waals surface area (Å²) < 4.78 is 6.32. The molecule has 0 unspecified atom stereocenters. The summed E-state index contributed by atoms with van der Waals surface area (Å²) in [6.07, 6.45) is 0. The molecule has 4 heteroatoms. The minimum atomic E-state index is 0.795. The van der Waals surface area contributed by atoms with Gasteiger partial charge in [-0.05, 0) is 11.4 Å². The average molecular weight is 217 g/mol. The van der Waals surface area contributed by atoms with Gasteiger partial charge in [-0.2, -0.15) is 0 Å². The molecular formula is C9H15NOS2. The van der Waals surface area contributed by atoms with Crippen LogP contribution in [0.5, 0.6) is 0 Å². The maximum absolute atomic E-state index is 4.93. The SMILES string of the molecule is COCCNCCSc1cccs1. The molecule has 2 nitrogen and oxygen atoms in total. The molecule has 0 radical (unpaired) electrons. The summed E-state index contributed by atoms with van der Waals surface area (Å²) in [7, 11) is 1.72. The number of thioether (sulfide) groups is 1. The van der Waals surface area contributed by atoms with Gasteiger partial charge in [-0.15, -0.1) is 23.1 Å². The van der Waals surface area contributed by atoms with E-state index in [4.69, 9.17) is 4.74 Å². The first-order valence-corrected chi connectivity index (χ1v) is 6.16. The first kappa shape index (κ1) is 11.0. The van der Waals surface area contributed by atoms with Crippen molar-refractivity contribution in [1.82, 2.24) is 5.32 Å². The lowest BCUT2D eigenvalue weighted by atomic mass is 10.6. The third-order valence-corrected chi connectivity index (χ3v) is 3.63. The third-order valence-electron chi connectivity index (χ3n) is 1.50. The molecule has 0 bridgehead atoms. The van der Waals surface area contributed by atoms with Gasteiger partial charge in [0.1, 0.15) is 0 Å². The van der Waals surface area contributed by atoms with E-state index in [1.807, 2.05) is 11.8 Å². The summed E-state index contributed by atoms with van der Waals surface area (Å²) in [5.74, 6) is 1.13. The molecule has 0 spiro atoms. The van der Waals surface area contributed by atoms with Gasteiger partial charge in [0, 0.05) is 26.0 Å². The van der Waals surface area contributed by atoms with Crippen molar-refractivity contribution in [3.8, 4) is 0 Å². The highest BCUT2D eigenvalue weighted by atomic mass is 32.2. The van der Waals surface area contributed by atoms with Gasteiger partial charge in [0.2, 0.25) is 0 Å². The van der Waals surface area contributed by atoms with E-state index in [2.05, 4.69) is 22.8 Å². The van der Waals surface area contributed by atoms with Crippen LogP contribution in [0, 0.1) is 0 Å². The summed E-state index contributed by atoms with van der Waals surface area (Å²) >= 11 is 3.70. The molecule has 0 atom stereocenters. The van der Waals surface area contributed by atoms with Crippen molar-refractivity contribution < 1.29 is 4.74 Å². The zero-order chi connectivity index (χ0) is 9.36. The van der Waals surface area contributed by atoms with Crippen molar-refractivity contribution in [2.75, 3.05) is 32.6 Å². The first-order chi connectivity index (χ1) is 6.43. The summed E-state index contributed by atoms with van der Waals surface area (Å²) in [5.41, 5.74) is 0. The fourth-order valence-electron chi connectivity index (χ4n) is 0.869. The number of thiophene rings is 1. The van der Waals surface area contributed by atoms with Crippen LogP contribution < -0.4 is 5.32 Å². The van der Waals surface area contributed by atoms with Crippen molar-refractivity contribution in [2.24, 2.45) is 0 Å². The van der Waals surface area contributed by atoms with E-state index in [-0.39, 0.29) is 0 Å². The zero-order valence-corrected chi connectivity index (χ0v) is 9.42. The largest absolute Gasteiger partial charge is 0.383 e.